The van der Waals surface area contributed by atoms with Crippen LogP contribution < -0.4 is 4.74 Å². The van der Waals surface area contributed by atoms with Crippen molar-refractivity contribution in [2.24, 2.45) is 4.99 Å². The molecular weight excluding hydrogens is 254 g/mol. The largest absolute Gasteiger partial charge is 0.497 e. The number of fused-ring (bicyclic) bond motifs is 1. The maximum absolute atomic E-state index is 5.14. The smallest absolute Gasteiger partial charge is 0.142 e. The molecule has 1 aromatic carbocycles. The van der Waals surface area contributed by atoms with Gasteiger partial charge in [-0.05, 0) is 43.0 Å². The first-order chi connectivity index (χ1) is 9.35. The molecule has 0 amide bonds. The molecule has 1 saturated carbocycles. The van der Waals surface area contributed by atoms with E-state index in [0.29, 0.717) is 11.3 Å². The van der Waals surface area contributed by atoms with Gasteiger partial charge in [0.1, 0.15) is 10.8 Å². The van der Waals surface area contributed by atoms with Crippen LogP contribution in [0.3, 0.4) is 0 Å². The van der Waals surface area contributed by atoms with E-state index in [1.807, 2.05) is 36.0 Å². The van der Waals surface area contributed by atoms with Crippen LogP contribution in [0.15, 0.2) is 29.3 Å². The first-order valence-corrected chi connectivity index (χ1v) is 7.63. The van der Waals surface area contributed by atoms with E-state index in [0.717, 1.165) is 16.4 Å². The molecule has 2 nitrogen and oxygen atoms in total. The molecule has 98 valence electrons. The van der Waals surface area contributed by atoms with Gasteiger partial charge in [-0.3, -0.25) is 4.99 Å². The molecule has 1 aliphatic carbocycles. The van der Waals surface area contributed by atoms with E-state index in [1.54, 1.807) is 7.11 Å². The van der Waals surface area contributed by atoms with Gasteiger partial charge in [-0.2, -0.15) is 0 Å². The number of methoxy groups -OCH3 is 1. The van der Waals surface area contributed by atoms with Crippen LogP contribution in [0.5, 0.6) is 5.75 Å². The highest BCUT2D eigenvalue weighted by atomic mass is 32.2. The highest BCUT2D eigenvalue weighted by Crippen LogP contribution is 2.36. The van der Waals surface area contributed by atoms with Crippen molar-refractivity contribution in [2.45, 2.75) is 37.0 Å². The average Bonchev–Trinajstić information content (AvgIpc) is 2.88. The summed E-state index contributed by atoms with van der Waals surface area (Å²) in [5, 5.41) is 1.71. The van der Waals surface area contributed by atoms with Gasteiger partial charge in [-0.25, -0.2) is 0 Å². The Morgan fingerprint density at radius 1 is 1.16 bits per heavy atom. The number of benzene rings is 1. The molecule has 0 saturated heterocycles. The maximum atomic E-state index is 5.14. The molecule has 0 spiro atoms. The zero-order chi connectivity index (χ0) is 13.1. The summed E-state index contributed by atoms with van der Waals surface area (Å²) in [6.45, 7) is 0. The van der Waals surface area contributed by atoms with Crippen LogP contribution in [0.1, 0.15) is 31.2 Å². The van der Waals surface area contributed by atoms with Gasteiger partial charge in [-0.15, -0.1) is 0 Å². The lowest BCUT2D eigenvalue weighted by Crippen LogP contribution is -2.21. The van der Waals surface area contributed by atoms with E-state index < -0.39 is 0 Å². The van der Waals surface area contributed by atoms with Gasteiger partial charge in [0.25, 0.3) is 0 Å². The monoisotopic (exact) mass is 271 g/mol. The van der Waals surface area contributed by atoms with Crippen molar-refractivity contribution >= 4 is 16.8 Å². The molecule has 2 aliphatic rings. The standard InChI is InChI=1S/C16H17NOS/c1-18-13-9-6-12(7-10-13)8-11-16-17-14-4-2-3-5-15(14)19-16/h6-7,9-10,14-15H,2-5H2,1H3/t14-,15+/m0/s1. The zero-order valence-electron chi connectivity index (χ0n) is 11.1. The Morgan fingerprint density at radius 3 is 2.68 bits per heavy atom. The third-order valence-electron chi connectivity index (χ3n) is 3.62. The second-order valence-electron chi connectivity index (χ2n) is 4.92. The third-order valence-corrected chi connectivity index (χ3v) is 4.90. The minimum Gasteiger partial charge on any atom is -0.497 e. The summed E-state index contributed by atoms with van der Waals surface area (Å²) in [4.78, 5) is 4.74. The molecular formula is C16H17NOS. The van der Waals surface area contributed by atoms with Gasteiger partial charge < -0.3 is 4.74 Å². The Labute approximate surface area is 118 Å². The molecule has 3 rings (SSSR count). The predicted molar refractivity (Wildman–Crippen MR) is 80.9 cm³/mol. The first-order valence-electron chi connectivity index (χ1n) is 6.76. The van der Waals surface area contributed by atoms with Crippen LogP contribution in [0, 0.1) is 11.8 Å². The molecule has 3 heteroatoms. The van der Waals surface area contributed by atoms with Gasteiger partial charge in [0.15, 0.2) is 0 Å². The van der Waals surface area contributed by atoms with Gasteiger partial charge in [0, 0.05) is 10.8 Å². The molecule has 1 fully saturated rings. The van der Waals surface area contributed by atoms with Crippen molar-refractivity contribution in [2.75, 3.05) is 7.11 Å². The van der Waals surface area contributed by atoms with E-state index in [1.165, 1.54) is 25.7 Å². The highest BCUT2D eigenvalue weighted by molar-refractivity contribution is 8.15. The zero-order valence-corrected chi connectivity index (χ0v) is 11.9. The lowest BCUT2D eigenvalue weighted by Gasteiger charge is -2.21. The minimum atomic E-state index is 0.527. The van der Waals surface area contributed by atoms with Gasteiger partial charge >= 0.3 is 0 Å². The van der Waals surface area contributed by atoms with Crippen LogP contribution in [-0.4, -0.2) is 23.4 Å². The Balaban J connectivity index is 1.70. The second kappa shape index (κ2) is 5.71. The van der Waals surface area contributed by atoms with Crippen molar-refractivity contribution in [3.63, 3.8) is 0 Å². The van der Waals surface area contributed by atoms with Gasteiger partial charge in [0.05, 0.1) is 13.2 Å². The fourth-order valence-corrected chi connectivity index (χ4v) is 3.78. The van der Waals surface area contributed by atoms with Crippen LogP contribution in [-0.2, 0) is 0 Å². The molecule has 1 aliphatic heterocycles. The summed E-state index contributed by atoms with van der Waals surface area (Å²) in [7, 11) is 1.67. The molecule has 0 radical (unpaired) electrons. The van der Waals surface area contributed by atoms with E-state index in [-0.39, 0.29) is 0 Å². The fourth-order valence-electron chi connectivity index (χ4n) is 2.55. The van der Waals surface area contributed by atoms with Crippen molar-refractivity contribution in [1.82, 2.24) is 0 Å². The minimum absolute atomic E-state index is 0.527. The Morgan fingerprint density at radius 2 is 1.95 bits per heavy atom. The second-order valence-corrected chi connectivity index (χ2v) is 6.15. The molecule has 0 bridgehead atoms. The SMILES string of the molecule is COc1ccc(C#CC2=N[C@H]3CCCC[C@H]3S2)cc1. The molecule has 19 heavy (non-hydrogen) atoms. The number of thioether (sulfide) groups is 1. The van der Waals surface area contributed by atoms with E-state index in [4.69, 9.17) is 9.73 Å². The molecule has 0 N–H and O–H groups in total. The van der Waals surface area contributed by atoms with E-state index in [2.05, 4.69) is 11.8 Å². The molecule has 0 unspecified atom stereocenters. The maximum Gasteiger partial charge on any atom is 0.142 e. The van der Waals surface area contributed by atoms with Crippen molar-refractivity contribution < 1.29 is 4.74 Å². The average molecular weight is 271 g/mol. The summed E-state index contributed by atoms with van der Waals surface area (Å²) >= 11 is 1.87. The van der Waals surface area contributed by atoms with E-state index in [9.17, 15) is 0 Å². The van der Waals surface area contributed by atoms with Crippen molar-refractivity contribution in [1.29, 1.82) is 0 Å². The lowest BCUT2D eigenvalue weighted by molar-refractivity contribution is 0.415. The number of aliphatic imine (C=N–C) groups is 1. The van der Waals surface area contributed by atoms with Gasteiger partial charge in [-0.1, -0.05) is 30.5 Å². The van der Waals surface area contributed by atoms with Crippen molar-refractivity contribution in [3.05, 3.63) is 29.8 Å². The van der Waals surface area contributed by atoms with E-state index >= 15 is 0 Å². The number of hydrogen-bond donors (Lipinski definition) is 0. The summed E-state index contributed by atoms with van der Waals surface area (Å²) in [5.41, 5.74) is 1.01. The number of rotatable bonds is 1. The normalized spacial score (nSPS) is 25.0. The Hall–Kier alpha value is -1.40. The Bertz CT molecular complexity index is 538. The highest BCUT2D eigenvalue weighted by Gasteiger charge is 2.31. The quantitative estimate of drug-likeness (QED) is 0.729. The molecule has 0 aromatic heterocycles. The predicted octanol–water partition coefficient (Wildman–Crippen LogP) is 3.50. The summed E-state index contributed by atoms with van der Waals surface area (Å²) in [5.74, 6) is 7.27. The van der Waals surface area contributed by atoms with Crippen molar-refractivity contribution in [3.8, 4) is 17.6 Å². The molecule has 2 atom stereocenters. The number of hydrogen-bond acceptors (Lipinski definition) is 3. The summed E-state index contributed by atoms with van der Waals surface area (Å²) in [6, 6.07) is 8.37. The lowest BCUT2D eigenvalue weighted by atomic mass is 9.95. The van der Waals surface area contributed by atoms with Crippen LogP contribution >= 0.6 is 11.8 Å². The summed E-state index contributed by atoms with van der Waals surface area (Å²) in [6.07, 6.45) is 5.21. The number of nitrogens with zero attached hydrogens (tertiary/aromatic N) is 1. The topological polar surface area (TPSA) is 21.6 Å². The summed E-state index contributed by atoms with van der Waals surface area (Å²) < 4.78 is 5.14. The van der Waals surface area contributed by atoms with Gasteiger partial charge in [0.2, 0.25) is 0 Å². The third kappa shape index (κ3) is 2.96. The first kappa shape index (κ1) is 12.6. The molecule has 1 aromatic rings. The van der Waals surface area contributed by atoms with Crippen LogP contribution in [0.4, 0.5) is 0 Å². The fraction of sp³-hybridized carbons (Fsp3) is 0.438. The Kier molecular flexibility index (Phi) is 3.79. The van der Waals surface area contributed by atoms with Crippen LogP contribution in [0.2, 0.25) is 0 Å². The number of ether oxygens (including phenoxy) is 1. The molecule has 1 heterocycles. The van der Waals surface area contributed by atoms with Crippen LogP contribution in [0.25, 0.3) is 0 Å².